The van der Waals surface area contributed by atoms with Gasteiger partial charge in [0, 0.05) is 7.05 Å². The number of hydrogen-bond acceptors (Lipinski definition) is 4. The first kappa shape index (κ1) is 19.9. The molecule has 1 atom stereocenters. The molecule has 6 nitrogen and oxygen atoms in total. The molecule has 1 amide bonds. The molecule has 24 heavy (non-hydrogen) atoms. The van der Waals surface area contributed by atoms with Gasteiger partial charge in [-0.25, -0.2) is 4.79 Å². The molecule has 0 saturated carbocycles. The van der Waals surface area contributed by atoms with Gasteiger partial charge >= 0.3 is 5.97 Å². The second-order valence-corrected chi connectivity index (χ2v) is 7.16. The van der Waals surface area contributed by atoms with Gasteiger partial charge in [-0.3, -0.25) is 9.48 Å². The zero-order valence-electron chi connectivity index (χ0n) is 15.7. The molecule has 1 unspecified atom stereocenters. The molecule has 1 aromatic rings. The van der Waals surface area contributed by atoms with E-state index in [9.17, 15) is 9.59 Å². The largest absolute Gasteiger partial charge is 0.464 e. The molecule has 6 heteroatoms. The summed E-state index contributed by atoms with van der Waals surface area (Å²) in [4.78, 5) is 24.6. The van der Waals surface area contributed by atoms with Crippen molar-refractivity contribution in [2.75, 3.05) is 6.61 Å². The monoisotopic (exact) mass is 335 g/mol. The maximum atomic E-state index is 12.5. The SMILES string of the molecule is CCOC(=O)C(/C=C/C(C)(C)C)NC(=O)c1cc(C(C)C)nn1C. The number of nitrogens with zero attached hydrogens (tertiary/aromatic N) is 2. The minimum Gasteiger partial charge on any atom is -0.464 e. The van der Waals surface area contributed by atoms with Crippen LogP contribution in [0.2, 0.25) is 0 Å². The Morgan fingerprint density at radius 3 is 2.46 bits per heavy atom. The zero-order valence-corrected chi connectivity index (χ0v) is 15.7. The Bertz CT molecular complexity index is 610. The average molecular weight is 335 g/mol. The van der Waals surface area contributed by atoms with Crippen molar-refractivity contribution in [2.24, 2.45) is 12.5 Å². The van der Waals surface area contributed by atoms with Crippen LogP contribution in [0.1, 0.15) is 63.6 Å². The van der Waals surface area contributed by atoms with Gasteiger partial charge in [0.05, 0.1) is 12.3 Å². The molecule has 0 fully saturated rings. The van der Waals surface area contributed by atoms with E-state index in [1.807, 2.05) is 40.7 Å². The summed E-state index contributed by atoms with van der Waals surface area (Å²) in [6, 6.07) is 0.921. The highest BCUT2D eigenvalue weighted by Crippen LogP contribution is 2.16. The van der Waals surface area contributed by atoms with Crippen LogP contribution in [-0.2, 0) is 16.6 Å². The van der Waals surface area contributed by atoms with Gasteiger partial charge in [-0.05, 0) is 24.3 Å². The summed E-state index contributed by atoms with van der Waals surface area (Å²) in [5.41, 5.74) is 1.14. The number of aryl methyl sites for hydroxylation is 1. The third-order valence-electron chi connectivity index (χ3n) is 3.34. The molecule has 134 valence electrons. The van der Waals surface area contributed by atoms with Crippen molar-refractivity contribution < 1.29 is 14.3 Å². The number of hydrogen-bond donors (Lipinski definition) is 1. The molecule has 0 aliphatic rings. The Labute approximate surface area is 144 Å². The molecule has 1 N–H and O–H groups in total. The van der Waals surface area contributed by atoms with Gasteiger partial charge in [-0.15, -0.1) is 0 Å². The topological polar surface area (TPSA) is 73.2 Å². The lowest BCUT2D eigenvalue weighted by Gasteiger charge is -2.17. The maximum Gasteiger partial charge on any atom is 0.332 e. The smallest absolute Gasteiger partial charge is 0.332 e. The number of amides is 1. The fourth-order valence-electron chi connectivity index (χ4n) is 2.00. The Hall–Kier alpha value is -2.11. The highest BCUT2D eigenvalue weighted by molar-refractivity contribution is 5.96. The van der Waals surface area contributed by atoms with Crippen molar-refractivity contribution in [3.63, 3.8) is 0 Å². The minimum atomic E-state index is -0.825. The summed E-state index contributed by atoms with van der Waals surface area (Å²) in [5, 5.41) is 7.05. The van der Waals surface area contributed by atoms with E-state index in [1.54, 1.807) is 26.1 Å². The molecule has 1 aromatic heterocycles. The van der Waals surface area contributed by atoms with Crippen molar-refractivity contribution in [1.29, 1.82) is 0 Å². The molecule has 0 bridgehead atoms. The summed E-state index contributed by atoms with van der Waals surface area (Å²) < 4.78 is 6.58. The molecule has 0 aliphatic heterocycles. The third kappa shape index (κ3) is 5.83. The van der Waals surface area contributed by atoms with Crippen LogP contribution in [-0.4, -0.2) is 34.3 Å². The molecule has 1 rings (SSSR count). The van der Waals surface area contributed by atoms with E-state index in [0.29, 0.717) is 5.69 Å². The van der Waals surface area contributed by atoms with E-state index in [2.05, 4.69) is 10.4 Å². The van der Waals surface area contributed by atoms with Gasteiger partial charge in [0.15, 0.2) is 0 Å². The van der Waals surface area contributed by atoms with E-state index in [4.69, 9.17) is 4.74 Å². The molecule has 0 spiro atoms. The number of carbonyl (C=O) groups excluding carboxylic acids is 2. The van der Waals surface area contributed by atoms with Crippen molar-refractivity contribution in [1.82, 2.24) is 15.1 Å². The zero-order chi connectivity index (χ0) is 18.5. The van der Waals surface area contributed by atoms with Crippen LogP contribution in [0.4, 0.5) is 0 Å². The first-order valence-electron chi connectivity index (χ1n) is 8.26. The number of aromatic nitrogens is 2. The van der Waals surface area contributed by atoms with Gasteiger partial charge in [0.1, 0.15) is 11.7 Å². The molecule has 0 radical (unpaired) electrons. The normalized spacial score (nSPS) is 13.3. The van der Waals surface area contributed by atoms with Gasteiger partial charge < -0.3 is 10.1 Å². The summed E-state index contributed by atoms with van der Waals surface area (Å²) in [5.74, 6) is -0.606. The van der Waals surface area contributed by atoms with Crippen molar-refractivity contribution in [3.05, 3.63) is 29.6 Å². The summed E-state index contributed by atoms with van der Waals surface area (Å²) in [7, 11) is 1.71. The second kappa shape index (κ2) is 8.13. The van der Waals surface area contributed by atoms with E-state index in [0.717, 1.165) is 5.69 Å². The number of esters is 1. The first-order valence-corrected chi connectivity index (χ1v) is 8.26. The Morgan fingerprint density at radius 1 is 1.38 bits per heavy atom. The quantitative estimate of drug-likeness (QED) is 0.641. The van der Waals surface area contributed by atoms with E-state index in [-0.39, 0.29) is 23.8 Å². The Balaban J connectivity index is 2.98. The van der Waals surface area contributed by atoms with Crippen LogP contribution in [0.15, 0.2) is 18.2 Å². The predicted molar refractivity (Wildman–Crippen MR) is 93.8 cm³/mol. The summed E-state index contributed by atoms with van der Waals surface area (Å²) >= 11 is 0. The number of allylic oxidation sites excluding steroid dienone is 1. The van der Waals surface area contributed by atoms with Crippen LogP contribution >= 0.6 is 0 Å². The lowest BCUT2D eigenvalue weighted by atomic mass is 9.95. The van der Waals surface area contributed by atoms with Crippen LogP contribution in [0.3, 0.4) is 0 Å². The highest BCUT2D eigenvalue weighted by Gasteiger charge is 2.23. The summed E-state index contributed by atoms with van der Waals surface area (Å²) in [6.07, 6.45) is 3.56. The predicted octanol–water partition coefficient (Wildman–Crippen LogP) is 2.81. The fraction of sp³-hybridized carbons (Fsp3) is 0.611. The number of nitrogens with one attached hydrogen (secondary N) is 1. The molecule has 1 heterocycles. The second-order valence-electron chi connectivity index (χ2n) is 7.16. The summed E-state index contributed by atoms with van der Waals surface area (Å²) in [6.45, 7) is 12.1. The van der Waals surface area contributed by atoms with Crippen molar-refractivity contribution >= 4 is 11.9 Å². The lowest BCUT2D eigenvalue weighted by Crippen LogP contribution is -2.41. The van der Waals surface area contributed by atoms with Crippen LogP contribution in [0, 0.1) is 5.41 Å². The van der Waals surface area contributed by atoms with Crippen LogP contribution in [0.5, 0.6) is 0 Å². The fourth-order valence-corrected chi connectivity index (χ4v) is 2.00. The Kier molecular flexibility index (Phi) is 6.75. The third-order valence-corrected chi connectivity index (χ3v) is 3.34. The number of carbonyl (C=O) groups is 2. The lowest BCUT2D eigenvalue weighted by molar-refractivity contribution is -0.144. The number of ether oxygens (including phenoxy) is 1. The average Bonchev–Trinajstić information content (AvgIpc) is 2.84. The first-order chi connectivity index (χ1) is 11.0. The van der Waals surface area contributed by atoms with Crippen LogP contribution in [0.25, 0.3) is 0 Å². The van der Waals surface area contributed by atoms with Gasteiger partial charge in [0.2, 0.25) is 0 Å². The molecule has 0 aliphatic carbocycles. The van der Waals surface area contributed by atoms with Gasteiger partial charge in [-0.2, -0.15) is 5.10 Å². The van der Waals surface area contributed by atoms with Crippen molar-refractivity contribution in [3.8, 4) is 0 Å². The molecule has 0 saturated heterocycles. The minimum absolute atomic E-state index is 0.104. The molecule has 0 aromatic carbocycles. The standard InChI is InChI=1S/C18H29N3O3/c1-8-24-17(23)13(9-10-18(4,5)6)19-16(22)15-11-14(12(2)3)20-21(15)7/h9-13H,8H2,1-7H3,(H,19,22)/b10-9+. The van der Waals surface area contributed by atoms with E-state index < -0.39 is 12.0 Å². The Morgan fingerprint density at radius 2 is 2.00 bits per heavy atom. The van der Waals surface area contributed by atoms with Crippen LogP contribution < -0.4 is 5.32 Å². The highest BCUT2D eigenvalue weighted by atomic mass is 16.5. The number of rotatable bonds is 6. The van der Waals surface area contributed by atoms with E-state index in [1.165, 1.54) is 4.68 Å². The van der Waals surface area contributed by atoms with Gasteiger partial charge in [-0.1, -0.05) is 46.8 Å². The van der Waals surface area contributed by atoms with Crippen molar-refractivity contribution in [2.45, 2.75) is 53.5 Å². The molecular formula is C18H29N3O3. The van der Waals surface area contributed by atoms with E-state index >= 15 is 0 Å². The maximum absolute atomic E-state index is 12.5. The van der Waals surface area contributed by atoms with Gasteiger partial charge in [0.25, 0.3) is 5.91 Å². The molecular weight excluding hydrogens is 306 g/mol.